The summed E-state index contributed by atoms with van der Waals surface area (Å²) in [4.78, 5) is 24.2. The number of Topliss-reactive ketones (excluding diaryl/α,β-unsaturated/α-hetero) is 1. The van der Waals surface area contributed by atoms with E-state index in [-0.39, 0.29) is 24.7 Å². The van der Waals surface area contributed by atoms with Gasteiger partial charge in [-0.25, -0.2) is 0 Å². The zero-order chi connectivity index (χ0) is 11.7. The average molecular weight is 219 g/mol. The van der Waals surface area contributed by atoms with Crippen LogP contribution in [0, 0.1) is 6.92 Å². The lowest BCUT2D eigenvalue weighted by atomic mass is 10.2. The number of benzene rings is 1. The van der Waals surface area contributed by atoms with Crippen molar-refractivity contribution in [2.24, 2.45) is 0 Å². The van der Waals surface area contributed by atoms with Gasteiger partial charge in [-0.3, -0.25) is 9.59 Å². The van der Waals surface area contributed by atoms with E-state index in [0.29, 0.717) is 0 Å². The number of ketones is 1. The number of nitrogens with zero attached hydrogens (tertiary/aromatic N) is 1. The number of amides is 1. The summed E-state index contributed by atoms with van der Waals surface area (Å²) in [5.74, 6) is 0.620. The van der Waals surface area contributed by atoms with Crippen molar-refractivity contribution < 1.29 is 14.3 Å². The molecule has 0 spiro atoms. The van der Waals surface area contributed by atoms with Crippen LogP contribution in [0.15, 0.2) is 18.2 Å². The van der Waals surface area contributed by atoms with E-state index in [1.54, 1.807) is 19.2 Å². The number of aryl methyl sites for hydroxylation is 1. The summed E-state index contributed by atoms with van der Waals surface area (Å²) < 4.78 is 5.14. The molecule has 0 saturated carbocycles. The molecule has 0 unspecified atom stereocenters. The average Bonchev–Trinajstić information content (AvgIpc) is 2.58. The van der Waals surface area contributed by atoms with Crippen LogP contribution in [0.2, 0.25) is 0 Å². The van der Waals surface area contributed by atoms with Gasteiger partial charge in [0, 0.05) is 5.69 Å². The van der Waals surface area contributed by atoms with Crippen molar-refractivity contribution in [3.8, 4) is 5.75 Å². The molecule has 1 amide bonds. The summed E-state index contributed by atoms with van der Waals surface area (Å²) in [5, 5.41) is 0. The van der Waals surface area contributed by atoms with Gasteiger partial charge in [0.1, 0.15) is 5.75 Å². The van der Waals surface area contributed by atoms with E-state index in [4.69, 9.17) is 4.74 Å². The zero-order valence-electron chi connectivity index (χ0n) is 9.32. The number of rotatable bonds is 2. The minimum Gasteiger partial charge on any atom is -0.496 e. The van der Waals surface area contributed by atoms with Gasteiger partial charge in [0.25, 0.3) is 0 Å². The third-order valence-corrected chi connectivity index (χ3v) is 2.67. The number of ether oxygens (including phenoxy) is 1. The molecule has 1 aromatic carbocycles. The van der Waals surface area contributed by atoms with Gasteiger partial charge in [-0.05, 0) is 30.7 Å². The Balaban J connectivity index is 2.31. The SMILES string of the molecule is COc1ccc(N2CC(=O)CC2=O)cc1C. The van der Waals surface area contributed by atoms with Crippen molar-refractivity contribution in [1.29, 1.82) is 0 Å². The fraction of sp³-hybridized carbons (Fsp3) is 0.333. The second-order valence-corrected chi connectivity index (χ2v) is 3.85. The third-order valence-electron chi connectivity index (χ3n) is 2.67. The van der Waals surface area contributed by atoms with E-state index in [2.05, 4.69) is 0 Å². The fourth-order valence-electron chi connectivity index (χ4n) is 1.85. The van der Waals surface area contributed by atoms with Gasteiger partial charge in [-0.2, -0.15) is 0 Å². The highest BCUT2D eigenvalue weighted by molar-refractivity contribution is 6.15. The highest BCUT2D eigenvalue weighted by atomic mass is 16.5. The van der Waals surface area contributed by atoms with Crippen molar-refractivity contribution in [3.05, 3.63) is 23.8 Å². The molecule has 84 valence electrons. The van der Waals surface area contributed by atoms with Gasteiger partial charge in [0.05, 0.1) is 20.1 Å². The van der Waals surface area contributed by atoms with Crippen LogP contribution in [0.5, 0.6) is 5.75 Å². The Labute approximate surface area is 93.8 Å². The number of carbonyl (C=O) groups excluding carboxylic acids is 2. The van der Waals surface area contributed by atoms with Gasteiger partial charge in [0.15, 0.2) is 5.78 Å². The molecule has 1 aromatic rings. The van der Waals surface area contributed by atoms with Crippen LogP contribution in [-0.2, 0) is 9.59 Å². The number of hydrogen-bond acceptors (Lipinski definition) is 3. The second-order valence-electron chi connectivity index (χ2n) is 3.85. The number of anilines is 1. The third kappa shape index (κ3) is 1.78. The molecule has 1 saturated heterocycles. The highest BCUT2D eigenvalue weighted by Crippen LogP contribution is 2.26. The maximum atomic E-state index is 11.5. The predicted molar refractivity (Wildman–Crippen MR) is 59.7 cm³/mol. The van der Waals surface area contributed by atoms with Crippen LogP contribution in [0.1, 0.15) is 12.0 Å². The van der Waals surface area contributed by atoms with E-state index in [0.717, 1.165) is 17.0 Å². The molecule has 16 heavy (non-hydrogen) atoms. The molecule has 1 heterocycles. The molecule has 4 heteroatoms. The van der Waals surface area contributed by atoms with Gasteiger partial charge in [-0.15, -0.1) is 0 Å². The molecular weight excluding hydrogens is 206 g/mol. The molecule has 1 aliphatic heterocycles. The summed E-state index contributed by atoms with van der Waals surface area (Å²) in [6, 6.07) is 5.46. The van der Waals surface area contributed by atoms with Crippen LogP contribution in [0.25, 0.3) is 0 Å². The Morgan fingerprint density at radius 2 is 2.06 bits per heavy atom. The largest absolute Gasteiger partial charge is 0.496 e. The summed E-state index contributed by atoms with van der Waals surface area (Å²) in [6.45, 7) is 2.09. The van der Waals surface area contributed by atoms with Crippen LogP contribution in [-0.4, -0.2) is 25.3 Å². The minimum atomic E-state index is -0.130. The summed E-state index contributed by atoms with van der Waals surface area (Å²) in [7, 11) is 1.60. The van der Waals surface area contributed by atoms with Gasteiger partial charge in [-0.1, -0.05) is 0 Å². The van der Waals surface area contributed by atoms with Gasteiger partial charge >= 0.3 is 0 Å². The zero-order valence-corrected chi connectivity index (χ0v) is 9.32. The maximum absolute atomic E-state index is 11.5. The van der Waals surface area contributed by atoms with Crippen LogP contribution in [0.3, 0.4) is 0 Å². The Bertz CT molecular complexity index is 454. The number of methoxy groups -OCH3 is 1. The Morgan fingerprint density at radius 1 is 1.31 bits per heavy atom. The quantitative estimate of drug-likeness (QED) is 0.704. The lowest BCUT2D eigenvalue weighted by Gasteiger charge is -2.16. The summed E-state index contributed by atoms with van der Waals surface area (Å²) in [5.41, 5.74) is 1.71. The lowest BCUT2D eigenvalue weighted by molar-refractivity contribution is -0.121. The highest BCUT2D eigenvalue weighted by Gasteiger charge is 2.28. The normalized spacial score (nSPS) is 15.8. The molecule has 4 nitrogen and oxygen atoms in total. The van der Waals surface area contributed by atoms with Gasteiger partial charge in [0.2, 0.25) is 5.91 Å². The van der Waals surface area contributed by atoms with Crippen molar-refractivity contribution >= 4 is 17.4 Å². The molecular formula is C12H13NO3. The van der Waals surface area contributed by atoms with Crippen molar-refractivity contribution in [3.63, 3.8) is 0 Å². The molecule has 0 atom stereocenters. The molecule has 0 aromatic heterocycles. The Kier molecular flexibility index (Phi) is 2.64. The van der Waals surface area contributed by atoms with E-state index < -0.39 is 0 Å². The van der Waals surface area contributed by atoms with E-state index >= 15 is 0 Å². The monoisotopic (exact) mass is 219 g/mol. The van der Waals surface area contributed by atoms with Crippen LogP contribution in [0.4, 0.5) is 5.69 Å². The smallest absolute Gasteiger partial charge is 0.234 e. The molecule has 0 radical (unpaired) electrons. The Morgan fingerprint density at radius 3 is 2.56 bits per heavy atom. The van der Waals surface area contributed by atoms with Gasteiger partial charge < -0.3 is 9.64 Å². The van der Waals surface area contributed by atoms with Crippen LogP contribution < -0.4 is 9.64 Å². The molecule has 0 bridgehead atoms. The Hall–Kier alpha value is -1.84. The fourth-order valence-corrected chi connectivity index (χ4v) is 1.85. The van der Waals surface area contributed by atoms with E-state index in [9.17, 15) is 9.59 Å². The first-order chi connectivity index (χ1) is 7.61. The molecule has 0 N–H and O–H groups in total. The second kappa shape index (κ2) is 3.96. The van der Waals surface area contributed by atoms with Crippen molar-refractivity contribution in [1.82, 2.24) is 0 Å². The van der Waals surface area contributed by atoms with Crippen molar-refractivity contribution in [2.75, 3.05) is 18.6 Å². The van der Waals surface area contributed by atoms with E-state index in [1.807, 2.05) is 13.0 Å². The van der Waals surface area contributed by atoms with E-state index in [1.165, 1.54) is 4.90 Å². The maximum Gasteiger partial charge on any atom is 0.234 e. The summed E-state index contributed by atoms with van der Waals surface area (Å²) in [6.07, 6.45) is 0.0189. The van der Waals surface area contributed by atoms with Crippen molar-refractivity contribution in [2.45, 2.75) is 13.3 Å². The minimum absolute atomic E-state index is 0.0189. The predicted octanol–water partition coefficient (Wildman–Crippen LogP) is 1.31. The topological polar surface area (TPSA) is 46.6 Å². The molecule has 2 rings (SSSR count). The standard InChI is InChI=1S/C12H13NO3/c1-8-5-9(3-4-11(8)16-2)13-7-10(14)6-12(13)15/h3-5H,6-7H2,1-2H3. The summed E-state index contributed by atoms with van der Waals surface area (Å²) >= 11 is 0. The van der Waals surface area contributed by atoms with Crippen LogP contribution >= 0.6 is 0 Å². The first-order valence-corrected chi connectivity index (χ1v) is 5.08. The molecule has 0 aliphatic carbocycles. The lowest BCUT2D eigenvalue weighted by Crippen LogP contribution is -2.24. The first-order valence-electron chi connectivity index (χ1n) is 5.08. The first kappa shape index (κ1) is 10.7. The molecule has 1 aliphatic rings. The number of hydrogen-bond donors (Lipinski definition) is 0. The molecule has 1 fully saturated rings. The number of carbonyl (C=O) groups is 2.